The molecule has 2 rings (SSSR count). The number of aliphatic imine (C=N–C) groups is 1. The second-order valence-corrected chi connectivity index (χ2v) is 8.43. The van der Waals surface area contributed by atoms with Gasteiger partial charge in [-0.3, -0.25) is 4.99 Å². The van der Waals surface area contributed by atoms with Crippen LogP contribution in [0.5, 0.6) is 11.5 Å². The topological polar surface area (TPSA) is 67.8 Å². The van der Waals surface area contributed by atoms with E-state index in [9.17, 15) is 0 Å². The molecule has 0 saturated carbocycles. The summed E-state index contributed by atoms with van der Waals surface area (Å²) in [6.45, 7) is 8.14. The summed E-state index contributed by atoms with van der Waals surface area (Å²) in [5.74, 6) is 2.29. The zero-order valence-electron chi connectivity index (χ0n) is 18.2. The third-order valence-corrected chi connectivity index (χ3v) is 5.24. The number of ether oxygens (including phenoxy) is 2. The van der Waals surface area contributed by atoms with Crippen LogP contribution in [0.25, 0.3) is 0 Å². The highest BCUT2D eigenvalue weighted by atomic mass is 127. The van der Waals surface area contributed by atoms with Crippen molar-refractivity contribution in [2.45, 2.75) is 39.0 Å². The van der Waals surface area contributed by atoms with Crippen LogP contribution in [0.3, 0.4) is 0 Å². The van der Waals surface area contributed by atoms with Crippen LogP contribution in [0.15, 0.2) is 28.6 Å². The molecule has 8 heteroatoms. The number of benzene rings is 1. The Balaban J connectivity index is 0.00000420. The minimum atomic E-state index is 0. The molecule has 0 fully saturated rings. The molecular weight excluding hydrogens is 499 g/mol. The lowest BCUT2D eigenvalue weighted by Crippen LogP contribution is -2.39. The fourth-order valence-corrected chi connectivity index (χ4v) is 3.66. The molecule has 0 aliphatic carbocycles. The number of hydrogen-bond acceptors (Lipinski definition) is 5. The molecule has 6 nitrogen and oxygen atoms in total. The molecule has 162 valence electrons. The Morgan fingerprint density at radius 1 is 1.07 bits per heavy atom. The number of aromatic nitrogens is 1. The molecular formula is C21H33IN4O2S. The Hall–Kier alpha value is -1.55. The lowest BCUT2D eigenvalue weighted by molar-refractivity contribution is 0.354. The zero-order valence-corrected chi connectivity index (χ0v) is 21.3. The fourth-order valence-electron chi connectivity index (χ4n) is 2.64. The van der Waals surface area contributed by atoms with E-state index in [1.54, 1.807) is 32.6 Å². The second kappa shape index (κ2) is 12.2. The van der Waals surface area contributed by atoms with Crippen molar-refractivity contribution >= 4 is 41.3 Å². The molecule has 0 spiro atoms. The van der Waals surface area contributed by atoms with E-state index in [2.05, 4.69) is 47.8 Å². The summed E-state index contributed by atoms with van der Waals surface area (Å²) in [7, 11) is 5.08. The highest BCUT2D eigenvalue weighted by Crippen LogP contribution is 2.27. The number of methoxy groups -OCH3 is 2. The van der Waals surface area contributed by atoms with E-state index in [4.69, 9.17) is 14.5 Å². The van der Waals surface area contributed by atoms with Gasteiger partial charge in [-0.2, -0.15) is 0 Å². The monoisotopic (exact) mass is 532 g/mol. The van der Waals surface area contributed by atoms with Crippen LogP contribution in [0.4, 0.5) is 0 Å². The van der Waals surface area contributed by atoms with Crippen molar-refractivity contribution < 1.29 is 9.47 Å². The van der Waals surface area contributed by atoms with E-state index in [1.807, 2.05) is 12.1 Å². The standard InChI is InChI=1S/C21H32N4O2S.HI/c1-21(2,3)18-14-28-19(25-18)10-12-24-20(22-4)23-11-9-15-7-8-16(26-5)17(13-15)27-6;/h7-8,13-14H,9-12H2,1-6H3,(H2,22,23,24);1H. The van der Waals surface area contributed by atoms with Gasteiger partial charge in [0.15, 0.2) is 17.5 Å². The second-order valence-electron chi connectivity index (χ2n) is 7.49. The van der Waals surface area contributed by atoms with Crippen molar-refractivity contribution in [2.75, 3.05) is 34.4 Å². The zero-order chi connectivity index (χ0) is 20.6. The minimum absolute atomic E-state index is 0. The lowest BCUT2D eigenvalue weighted by atomic mass is 9.93. The van der Waals surface area contributed by atoms with Gasteiger partial charge in [0.05, 0.1) is 24.9 Å². The molecule has 0 aliphatic rings. The van der Waals surface area contributed by atoms with Crippen molar-refractivity contribution in [2.24, 2.45) is 4.99 Å². The van der Waals surface area contributed by atoms with Crippen molar-refractivity contribution in [1.29, 1.82) is 0 Å². The molecule has 0 unspecified atom stereocenters. The Kier molecular flexibility index (Phi) is 10.7. The summed E-state index contributed by atoms with van der Waals surface area (Å²) >= 11 is 1.72. The molecule has 29 heavy (non-hydrogen) atoms. The van der Waals surface area contributed by atoms with Gasteiger partial charge < -0.3 is 20.1 Å². The number of thiazole rings is 1. The van der Waals surface area contributed by atoms with E-state index in [-0.39, 0.29) is 29.4 Å². The summed E-state index contributed by atoms with van der Waals surface area (Å²) in [6, 6.07) is 5.99. The number of rotatable bonds is 8. The first-order chi connectivity index (χ1) is 13.4. The quantitative estimate of drug-likeness (QED) is 0.306. The number of guanidine groups is 1. The number of nitrogens with one attached hydrogen (secondary N) is 2. The summed E-state index contributed by atoms with van der Waals surface area (Å²) in [5.41, 5.74) is 2.44. The summed E-state index contributed by atoms with van der Waals surface area (Å²) < 4.78 is 10.6. The molecule has 0 amide bonds. The highest BCUT2D eigenvalue weighted by molar-refractivity contribution is 14.0. The molecule has 0 aliphatic heterocycles. The normalized spacial score (nSPS) is 11.6. The van der Waals surface area contributed by atoms with Crippen LogP contribution in [-0.2, 0) is 18.3 Å². The van der Waals surface area contributed by atoms with Crippen LogP contribution in [0.2, 0.25) is 0 Å². The summed E-state index contributed by atoms with van der Waals surface area (Å²) in [4.78, 5) is 9.02. The maximum atomic E-state index is 5.36. The van der Waals surface area contributed by atoms with E-state index < -0.39 is 0 Å². The molecule has 0 saturated heterocycles. The number of nitrogens with zero attached hydrogens (tertiary/aromatic N) is 2. The van der Waals surface area contributed by atoms with Crippen LogP contribution in [0, 0.1) is 0 Å². The highest BCUT2D eigenvalue weighted by Gasteiger charge is 2.17. The van der Waals surface area contributed by atoms with Gasteiger partial charge in [-0.1, -0.05) is 26.8 Å². The molecule has 1 aromatic heterocycles. The molecule has 2 aromatic rings. The number of halogens is 1. The van der Waals surface area contributed by atoms with Crippen LogP contribution in [0.1, 0.15) is 37.0 Å². The first-order valence-electron chi connectivity index (χ1n) is 9.47. The first-order valence-corrected chi connectivity index (χ1v) is 10.4. The smallest absolute Gasteiger partial charge is 0.191 e. The maximum absolute atomic E-state index is 5.36. The van der Waals surface area contributed by atoms with Gasteiger partial charge in [0.25, 0.3) is 0 Å². The van der Waals surface area contributed by atoms with Gasteiger partial charge in [-0.15, -0.1) is 35.3 Å². The van der Waals surface area contributed by atoms with Gasteiger partial charge in [0, 0.05) is 37.4 Å². The maximum Gasteiger partial charge on any atom is 0.191 e. The minimum Gasteiger partial charge on any atom is -0.493 e. The Labute approximate surface area is 195 Å². The van der Waals surface area contributed by atoms with Crippen LogP contribution < -0.4 is 20.1 Å². The van der Waals surface area contributed by atoms with E-state index >= 15 is 0 Å². The van der Waals surface area contributed by atoms with Crippen molar-refractivity contribution in [3.63, 3.8) is 0 Å². The number of hydrogen-bond donors (Lipinski definition) is 2. The Morgan fingerprint density at radius 3 is 2.28 bits per heavy atom. The van der Waals surface area contributed by atoms with Crippen molar-refractivity contribution in [3.8, 4) is 11.5 Å². The average molecular weight is 532 g/mol. The Bertz CT molecular complexity index is 787. The largest absolute Gasteiger partial charge is 0.493 e. The molecule has 1 heterocycles. The van der Waals surface area contributed by atoms with Crippen molar-refractivity contribution in [1.82, 2.24) is 15.6 Å². The van der Waals surface area contributed by atoms with Crippen LogP contribution in [-0.4, -0.2) is 45.3 Å². The van der Waals surface area contributed by atoms with Gasteiger partial charge in [-0.05, 0) is 24.1 Å². The average Bonchev–Trinajstić information content (AvgIpc) is 3.16. The molecule has 2 N–H and O–H groups in total. The predicted octanol–water partition coefficient (Wildman–Crippen LogP) is 4.03. The van der Waals surface area contributed by atoms with E-state index in [1.165, 1.54) is 5.56 Å². The van der Waals surface area contributed by atoms with Gasteiger partial charge in [0.1, 0.15) is 0 Å². The first kappa shape index (κ1) is 25.5. The van der Waals surface area contributed by atoms with Crippen molar-refractivity contribution in [3.05, 3.63) is 39.8 Å². The van der Waals surface area contributed by atoms with Gasteiger partial charge in [-0.25, -0.2) is 4.98 Å². The third-order valence-electron chi connectivity index (χ3n) is 4.33. The molecule has 0 radical (unpaired) electrons. The van der Waals surface area contributed by atoms with E-state index in [0.717, 1.165) is 54.1 Å². The Morgan fingerprint density at radius 2 is 1.72 bits per heavy atom. The van der Waals surface area contributed by atoms with Gasteiger partial charge >= 0.3 is 0 Å². The summed E-state index contributed by atoms with van der Waals surface area (Å²) in [6.07, 6.45) is 1.75. The molecule has 1 aromatic carbocycles. The summed E-state index contributed by atoms with van der Waals surface area (Å²) in [5, 5.41) is 10.0. The lowest BCUT2D eigenvalue weighted by Gasteiger charge is -2.14. The van der Waals surface area contributed by atoms with E-state index in [0.29, 0.717) is 0 Å². The van der Waals surface area contributed by atoms with Gasteiger partial charge in [0.2, 0.25) is 0 Å². The molecule has 0 bridgehead atoms. The molecule has 0 atom stereocenters. The SMILES string of the molecule is CN=C(NCCc1ccc(OC)c(OC)c1)NCCc1nc(C(C)(C)C)cs1.I. The fraction of sp³-hybridized carbons (Fsp3) is 0.524. The predicted molar refractivity (Wildman–Crippen MR) is 133 cm³/mol. The third kappa shape index (κ3) is 8.00. The van der Waals surface area contributed by atoms with Crippen LogP contribution >= 0.6 is 35.3 Å².